The minimum Gasteiger partial charge on any atom is -0.389 e. The van der Waals surface area contributed by atoms with Gasteiger partial charge in [0.15, 0.2) is 0 Å². The third-order valence-electron chi connectivity index (χ3n) is 2.69. The molecule has 2 atom stereocenters. The Kier molecular flexibility index (Phi) is 6.17. The van der Waals surface area contributed by atoms with E-state index >= 15 is 0 Å². The van der Waals surface area contributed by atoms with Crippen LogP contribution in [0.5, 0.6) is 0 Å². The first-order chi connectivity index (χ1) is 7.26. The number of aliphatic hydroxyl groups excluding tert-OH is 1. The van der Waals surface area contributed by atoms with E-state index in [1.165, 1.54) is 0 Å². The minimum atomic E-state index is -0.379. The number of aliphatic hydroxyl groups is 1. The Morgan fingerprint density at radius 2 is 2.33 bits per heavy atom. The van der Waals surface area contributed by atoms with Crippen molar-refractivity contribution in [3.63, 3.8) is 0 Å². The van der Waals surface area contributed by atoms with Crippen molar-refractivity contribution in [2.24, 2.45) is 0 Å². The fraction of sp³-hybridized carbons (Fsp3) is 1.00. The Morgan fingerprint density at radius 1 is 1.53 bits per heavy atom. The molecule has 1 N–H and O–H groups in total. The highest BCUT2D eigenvalue weighted by molar-refractivity contribution is 4.75. The predicted octanol–water partition coefficient (Wildman–Crippen LogP) is 0.495. The molecule has 1 aliphatic heterocycles. The van der Waals surface area contributed by atoms with Gasteiger partial charge in [0.05, 0.1) is 18.8 Å². The molecule has 4 heteroatoms. The van der Waals surface area contributed by atoms with E-state index in [1.54, 1.807) is 7.11 Å². The van der Waals surface area contributed by atoms with Crippen molar-refractivity contribution in [2.45, 2.75) is 32.0 Å². The van der Waals surface area contributed by atoms with E-state index in [4.69, 9.17) is 9.47 Å². The van der Waals surface area contributed by atoms with Gasteiger partial charge in [0.1, 0.15) is 0 Å². The average Bonchev–Trinajstić information content (AvgIpc) is 2.19. The standard InChI is InChI=1S/C11H23NO3/c1-3-15-11-5-4-6-12(8-11)7-10(13)9-14-2/h10-11,13H,3-9H2,1-2H3. The number of ether oxygens (including phenoxy) is 2. The normalized spacial score (nSPS) is 25.4. The molecule has 2 unspecified atom stereocenters. The molecule has 0 saturated carbocycles. The van der Waals surface area contributed by atoms with Gasteiger partial charge in [-0.25, -0.2) is 0 Å². The van der Waals surface area contributed by atoms with Crippen LogP contribution in [0.4, 0.5) is 0 Å². The molecular weight excluding hydrogens is 194 g/mol. The SMILES string of the molecule is CCOC1CCCN(CC(O)COC)C1. The Bertz CT molecular complexity index is 162. The number of piperidine rings is 1. The van der Waals surface area contributed by atoms with Crippen molar-refractivity contribution in [1.29, 1.82) is 0 Å². The molecule has 0 bridgehead atoms. The van der Waals surface area contributed by atoms with Gasteiger partial charge < -0.3 is 14.6 Å². The van der Waals surface area contributed by atoms with E-state index in [-0.39, 0.29) is 6.10 Å². The van der Waals surface area contributed by atoms with Crippen LogP contribution in [0.3, 0.4) is 0 Å². The number of rotatable bonds is 6. The molecule has 4 nitrogen and oxygen atoms in total. The molecule has 0 radical (unpaired) electrons. The van der Waals surface area contributed by atoms with E-state index in [2.05, 4.69) is 4.90 Å². The minimum absolute atomic E-state index is 0.346. The van der Waals surface area contributed by atoms with Gasteiger partial charge in [0.2, 0.25) is 0 Å². The summed E-state index contributed by atoms with van der Waals surface area (Å²) in [5.74, 6) is 0. The van der Waals surface area contributed by atoms with Gasteiger partial charge >= 0.3 is 0 Å². The van der Waals surface area contributed by atoms with E-state index in [1.807, 2.05) is 6.92 Å². The first-order valence-corrected chi connectivity index (χ1v) is 5.77. The van der Waals surface area contributed by atoms with Crippen LogP contribution in [0.15, 0.2) is 0 Å². The third-order valence-corrected chi connectivity index (χ3v) is 2.69. The van der Waals surface area contributed by atoms with Crippen molar-refractivity contribution in [3.8, 4) is 0 Å². The monoisotopic (exact) mass is 217 g/mol. The topological polar surface area (TPSA) is 41.9 Å². The highest BCUT2D eigenvalue weighted by Crippen LogP contribution is 2.13. The Morgan fingerprint density at radius 3 is 3.00 bits per heavy atom. The predicted molar refractivity (Wildman–Crippen MR) is 59.0 cm³/mol. The van der Waals surface area contributed by atoms with Crippen molar-refractivity contribution in [3.05, 3.63) is 0 Å². The molecule has 1 saturated heterocycles. The zero-order valence-electron chi connectivity index (χ0n) is 9.82. The molecule has 1 aliphatic rings. The summed E-state index contributed by atoms with van der Waals surface area (Å²) < 4.78 is 10.5. The highest BCUT2D eigenvalue weighted by atomic mass is 16.5. The maximum absolute atomic E-state index is 9.61. The zero-order chi connectivity index (χ0) is 11.1. The fourth-order valence-corrected chi connectivity index (χ4v) is 2.09. The second-order valence-corrected chi connectivity index (χ2v) is 4.09. The summed E-state index contributed by atoms with van der Waals surface area (Å²) in [7, 11) is 1.61. The van der Waals surface area contributed by atoms with Gasteiger partial charge in [-0.2, -0.15) is 0 Å². The van der Waals surface area contributed by atoms with Crippen LogP contribution in [0.1, 0.15) is 19.8 Å². The van der Waals surface area contributed by atoms with Gasteiger partial charge in [0.25, 0.3) is 0 Å². The quantitative estimate of drug-likeness (QED) is 0.703. The number of β-amino-alcohol motifs (C(OH)–C–C–N with tert-alkyl or cyclic N) is 1. The van der Waals surface area contributed by atoms with Gasteiger partial charge in [0, 0.05) is 26.8 Å². The third kappa shape index (κ3) is 4.93. The lowest BCUT2D eigenvalue weighted by Gasteiger charge is -2.33. The molecular formula is C11H23NO3. The maximum Gasteiger partial charge on any atom is 0.0900 e. The van der Waals surface area contributed by atoms with Crippen LogP contribution < -0.4 is 0 Å². The second kappa shape index (κ2) is 7.17. The smallest absolute Gasteiger partial charge is 0.0900 e. The van der Waals surface area contributed by atoms with Gasteiger partial charge in [-0.15, -0.1) is 0 Å². The molecule has 0 amide bonds. The lowest BCUT2D eigenvalue weighted by molar-refractivity contribution is -0.0180. The highest BCUT2D eigenvalue weighted by Gasteiger charge is 2.21. The number of hydrogen-bond donors (Lipinski definition) is 1. The summed E-state index contributed by atoms with van der Waals surface area (Å²) in [5, 5.41) is 9.61. The van der Waals surface area contributed by atoms with E-state index in [0.29, 0.717) is 19.3 Å². The van der Waals surface area contributed by atoms with E-state index in [9.17, 15) is 5.11 Å². The van der Waals surface area contributed by atoms with Crippen LogP contribution in [-0.4, -0.2) is 62.2 Å². The summed E-state index contributed by atoms with van der Waals surface area (Å²) in [5.41, 5.74) is 0. The largest absolute Gasteiger partial charge is 0.389 e. The van der Waals surface area contributed by atoms with Gasteiger partial charge in [-0.3, -0.25) is 4.90 Å². The van der Waals surface area contributed by atoms with Crippen LogP contribution in [0.25, 0.3) is 0 Å². The second-order valence-electron chi connectivity index (χ2n) is 4.09. The summed E-state index contributed by atoms with van der Waals surface area (Å²) in [6, 6.07) is 0. The molecule has 90 valence electrons. The summed E-state index contributed by atoms with van der Waals surface area (Å²) in [4.78, 5) is 2.26. The molecule has 0 aromatic carbocycles. The van der Waals surface area contributed by atoms with Crippen molar-refractivity contribution < 1.29 is 14.6 Å². The number of hydrogen-bond acceptors (Lipinski definition) is 4. The number of nitrogens with zero attached hydrogens (tertiary/aromatic N) is 1. The number of likely N-dealkylation sites (tertiary alicyclic amines) is 1. The summed E-state index contributed by atoms with van der Waals surface area (Å²) in [6.45, 7) is 5.91. The molecule has 0 aromatic rings. The Hall–Kier alpha value is -0.160. The molecule has 1 rings (SSSR count). The van der Waals surface area contributed by atoms with Crippen molar-refractivity contribution in [1.82, 2.24) is 4.90 Å². The van der Waals surface area contributed by atoms with Crippen molar-refractivity contribution in [2.75, 3.05) is 40.0 Å². The maximum atomic E-state index is 9.61. The first-order valence-electron chi connectivity index (χ1n) is 5.77. The molecule has 0 spiro atoms. The molecule has 15 heavy (non-hydrogen) atoms. The average molecular weight is 217 g/mol. The fourth-order valence-electron chi connectivity index (χ4n) is 2.09. The van der Waals surface area contributed by atoms with Crippen LogP contribution in [0.2, 0.25) is 0 Å². The van der Waals surface area contributed by atoms with Crippen LogP contribution >= 0.6 is 0 Å². The summed E-state index contributed by atoms with van der Waals surface area (Å²) >= 11 is 0. The number of methoxy groups -OCH3 is 1. The van der Waals surface area contributed by atoms with E-state index in [0.717, 1.165) is 32.5 Å². The first kappa shape index (κ1) is 12.9. The van der Waals surface area contributed by atoms with E-state index < -0.39 is 0 Å². The molecule has 1 heterocycles. The Balaban J connectivity index is 2.23. The molecule has 1 fully saturated rings. The lowest BCUT2D eigenvalue weighted by Crippen LogP contribution is -2.44. The lowest BCUT2D eigenvalue weighted by atomic mass is 10.1. The summed E-state index contributed by atoms with van der Waals surface area (Å²) in [6.07, 6.45) is 2.27. The van der Waals surface area contributed by atoms with Gasteiger partial charge in [-0.1, -0.05) is 0 Å². The zero-order valence-corrected chi connectivity index (χ0v) is 9.82. The molecule has 0 aliphatic carbocycles. The van der Waals surface area contributed by atoms with Crippen molar-refractivity contribution >= 4 is 0 Å². The van der Waals surface area contributed by atoms with Crippen LogP contribution in [-0.2, 0) is 9.47 Å². The van der Waals surface area contributed by atoms with Gasteiger partial charge in [-0.05, 0) is 26.3 Å². The van der Waals surface area contributed by atoms with Crippen LogP contribution in [0, 0.1) is 0 Å². The molecule has 0 aromatic heterocycles. The Labute approximate surface area is 92.2 Å².